The average molecular weight is 289 g/mol. The van der Waals surface area contributed by atoms with Crippen LogP contribution >= 0.6 is 0 Å². The third kappa shape index (κ3) is 3.84. The van der Waals surface area contributed by atoms with Gasteiger partial charge in [0.05, 0.1) is 0 Å². The smallest absolute Gasteiger partial charge is 0.326 e. The second-order valence-corrected chi connectivity index (χ2v) is 5.08. The summed E-state index contributed by atoms with van der Waals surface area (Å²) in [7, 11) is 0. The van der Waals surface area contributed by atoms with Crippen LogP contribution in [-0.4, -0.2) is 28.6 Å². The molecule has 1 aromatic rings. The SMILES string of the molecule is C/C=C/CC(NC(=O)C1(Oc2ccccc2)CC1)C(=O)O. The molecule has 5 heteroatoms. The highest BCUT2D eigenvalue weighted by Gasteiger charge is 2.53. The third-order valence-corrected chi connectivity index (χ3v) is 3.39. The van der Waals surface area contributed by atoms with Crippen molar-refractivity contribution < 1.29 is 19.4 Å². The Hall–Kier alpha value is -2.30. The monoisotopic (exact) mass is 289 g/mol. The molecule has 5 nitrogen and oxygen atoms in total. The predicted octanol–water partition coefficient (Wildman–Crippen LogP) is 2.13. The Morgan fingerprint density at radius 1 is 1.38 bits per heavy atom. The molecule has 112 valence electrons. The number of hydrogen-bond acceptors (Lipinski definition) is 3. The van der Waals surface area contributed by atoms with Crippen molar-refractivity contribution in [3.05, 3.63) is 42.5 Å². The van der Waals surface area contributed by atoms with Crippen LogP contribution in [-0.2, 0) is 9.59 Å². The summed E-state index contributed by atoms with van der Waals surface area (Å²) in [4.78, 5) is 23.4. The average Bonchev–Trinajstić information content (AvgIpc) is 3.25. The van der Waals surface area contributed by atoms with Gasteiger partial charge in [0.15, 0.2) is 5.60 Å². The minimum Gasteiger partial charge on any atom is -0.480 e. The zero-order valence-electron chi connectivity index (χ0n) is 11.9. The van der Waals surface area contributed by atoms with Crippen LogP contribution in [0.2, 0.25) is 0 Å². The first-order chi connectivity index (χ1) is 10.1. The molecule has 0 aromatic heterocycles. The van der Waals surface area contributed by atoms with Crippen LogP contribution < -0.4 is 10.1 Å². The van der Waals surface area contributed by atoms with Gasteiger partial charge in [-0.25, -0.2) is 4.79 Å². The molecule has 0 spiro atoms. The summed E-state index contributed by atoms with van der Waals surface area (Å²) in [5.41, 5.74) is -0.912. The molecule has 21 heavy (non-hydrogen) atoms. The molecule has 2 rings (SSSR count). The van der Waals surface area contributed by atoms with Crippen LogP contribution in [0.25, 0.3) is 0 Å². The lowest BCUT2D eigenvalue weighted by atomic mass is 10.1. The molecule has 1 fully saturated rings. The van der Waals surface area contributed by atoms with Gasteiger partial charge in [-0.05, 0) is 25.5 Å². The van der Waals surface area contributed by atoms with Gasteiger partial charge in [0.25, 0.3) is 5.91 Å². The van der Waals surface area contributed by atoms with E-state index in [0.29, 0.717) is 18.6 Å². The fourth-order valence-electron chi connectivity index (χ4n) is 1.99. The number of carbonyl (C=O) groups excluding carboxylic acids is 1. The Morgan fingerprint density at radius 2 is 2.05 bits per heavy atom. The van der Waals surface area contributed by atoms with Gasteiger partial charge < -0.3 is 15.2 Å². The molecule has 1 aliphatic carbocycles. The van der Waals surface area contributed by atoms with Crippen LogP contribution in [0.15, 0.2) is 42.5 Å². The first kappa shape index (κ1) is 15.1. The maximum absolute atomic E-state index is 12.3. The lowest BCUT2D eigenvalue weighted by molar-refractivity contribution is -0.143. The maximum Gasteiger partial charge on any atom is 0.326 e. The minimum atomic E-state index is -1.04. The zero-order chi connectivity index (χ0) is 15.3. The first-order valence-corrected chi connectivity index (χ1v) is 6.96. The summed E-state index contributed by atoms with van der Waals surface area (Å²) >= 11 is 0. The Balaban J connectivity index is 2.00. The number of benzene rings is 1. The van der Waals surface area contributed by atoms with E-state index >= 15 is 0 Å². The molecular weight excluding hydrogens is 270 g/mol. The fourth-order valence-corrected chi connectivity index (χ4v) is 1.99. The zero-order valence-corrected chi connectivity index (χ0v) is 11.9. The largest absolute Gasteiger partial charge is 0.480 e. The number of nitrogens with one attached hydrogen (secondary N) is 1. The molecule has 1 amide bonds. The fraction of sp³-hybridized carbons (Fsp3) is 0.375. The number of rotatable bonds is 7. The van der Waals surface area contributed by atoms with Gasteiger partial charge >= 0.3 is 5.97 Å². The van der Waals surface area contributed by atoms with E-state index in [4.69, 9.17) is 9.84 Å². The van der Waals surface area contributed by atoms with Gasteiger partial charge in [-0.3, -0.25) is 4.79 Å². The Labute approximate surface area is 123 Å². The molecule has 1 atom stereocenters. The number of aliphatic carboxylic acids is 1. The van der Waals surface area contributed by atoms with Crippen molar-refractivity contribution in [2.45, 2.75) is 37.8 Å². The summed E-state index contributed by atoms with van der Waals surface area (Å²) < 4.78 is 5.74. The van der Waals surface area contributed by atoms with E-state index in [2.05, 4.69) is 5.32 Å². The van der Waals surface area contributed by atoms with Crippen molar-refractivity contribution >= 4 is 11.9 Å². The highest BCUT2D eigenvalue weighted by Crippen LogP contribution is 2.40. The number of amides is 1. The number of allylic oxidation sites excluding steroid dienone is 1. The highest BCUT2D eigenvalue weighted by atomic mass is 16.5. The van der Waals surface area contributed by atoms with Crippen LogP contribution in [0.4, 0.5) is 0 Å². The number of carboxylic acid groups (broad SMARTS) is 1. The molecule has 0 bridgehead atoms. The van der Waals surface area contributed by atoms with Gasteiger partial charge in [-0.1, -0.05) is 30.4 Å². The molecule has 1 aliphatic rings. The van der Waals surface area contributed by atoms with E-state index in [-0.39, 0.29) is 12.3 Å². The number of ether oxygens (including phenoxy) is 1. The highest BCUT2D eigenvalue weighted by molar-refractivity contribution is 5.91. The van der Waals surface area contributed by atoms with Gasteiger partial charge in [-0.15, -0.1) is 0 Å². The van der Waals surface area contributed by atoms with E-state index in [1.807, 2.05) is 25.1 Å². The summed E-state index contributed by atoms with van der Waals surface area (Å²) in [5.74, 6) is -0.786. The van der Waals surface area contributed by atoms with Crippen molar-refractivity contribution in [2.75, 3.05) is 0 Å². The predicted molar refractivity (Wildman–Crippen MR) is 78.0 cm³/mol. The summed E-state index contributed by atoms with van der Waals surface area (Å²) in [5, 5.41) is 11.7. The van der Waals surface area contributed by atoms with E-state index < -0.39 is 17.6 Å². The summed E-state index contributed by atoms with van der Waals surface area (Å²) in [6.45, 7) is 1.81. The number of hydrogen-bond donors (Lipinski definition) is 2. The van der Waals surface area contributed by atoms with E-state index in [9.17, 15) is 9.59 Å². The van der Waals surface area contributed by atoms with Gasteiger partial charge in [0.2, 0.25) is 0 Å². The second-order valence-electron chi connectivity index (χ2n) is 5.08. The lowest BCUT2D eigenvalue weighted by Gasteiger charge is -2.20. The van der Waals surface area contributed by atoms with Crippen molar-refractivity contribution in [3.8, 4) is 5.75 Å². The van der Waals surface area contributed by atoms with Crippen molar-refractivity contribution in [3.63, 3.8) is 0 Å². The normalized spacial score (nSPS) is 17.2. The standard InChI is InChI=1S/C16H19NO4/c1-2-3-9-13(14(18)19)17-15(20)16(10-11-16)21-12-7-5-4-6-8-12/h2-8,13H,9-11H2,1H3,(H,17,20)(H,18,19)/b3-2+. The number of carboxylic acids is 1. The Kier molecular flexibility index (Phi) is 4.62. The molecule has 2 N–H and O–H groups in total. The summed E-state index contributed by atoms with van der Waals surface area (Å²) in [6, 6.07) is 8.16. The van der Waals surface area contributed by atoms with E-state index in [1.54, 1.807) is 24.3 Å². The van der Waals surface area contributed by atoms with Crippen LogP contribution in [0, 0.1) is 0 Å². The first-order valence-electron chi connectivity index (χ1n) is 6.96. The lowest BCUT2D eigenvalue weighted by Crippen LogP contribution is -2.48. The minimum absolute atomic E-state index is 0.263. The molecular formula is C16H19NO4. The molecule has 1 unspecified atom stereocenters. The summed E-state index contributed by atoms with van der Waals surface area (Å²) in [6.07, 6.45) is 4.94. The maximum atomic E-state index is 12.3. The van der Waals surface area contributed by atoms with Crippen molar-refractivity contribution in [1.29, 1.82) is 0 Å². The van der Waals surface area contributed by atoms with Crippen LogP contribution in [0.3, 0.4) is 0 Å². The van der Waals surface area contributed by atoms with Gasteiger partial charge in [-0.2, -0.15) is 0 Å². The van der Waals surface area contributed by atoms with Crippen LogP contribution in [0.5, 0.6) is 5.75 Å². The number of carbonyl (C=O) groups is 2. The molecule has 1 saturated carbocycles. The van der Waals surface area contributed by atoms with Crippen molar-refractivity contribution in [1.82, 2.24) is 5.32 Å². The topological polar surface area (TPSA) is 75.6 Å². The van der Waals surface area contributed by atoms with Crippen molar-refractivity contribution in [2.24, 2.45) is 0 Å². The molecule has 0 saturated heterocycles. The van der Waals surface area contributed by atoms with Gasteiger partial charge in [0.1, 0.15) is 11.8 Å². The Bertz CT molecular complexity index is 534. The third-order valence-electron chi connectivity index (χ3n) is 3.39. The Morgan fingerprint density at radius 3 is 2.57 bits per heavy atom. The second kappa shape index (κ2) is 6.43. The molecule has 1 aromatic carbocycles. The van der Waals surface area contributed by atoms with E-state index in [0.717, 1.165) is 0 Å². The quantitative estimate of drug-likeness (QED) is 0.754. The molecule has 0 radical (unpaired) electrons. The molecule has 0 aliphatic heterocycles. The van der Waals surface area contributed by atoms with E-state index in [1.165, 1.54) is 0 Å². The van der Waals surface area contributed by atoms with Crippen LogP contribution in [0.1, 0.15) is 26.2 Å². The van der Waals surface area contributed by atoms with Gasteiger partial charge in [0, 0.05) is 12.8 Å². The number of para-hydroxylation sites is 1. The molecule has 0 heterocycles.